The van der Waals surface area contributed by atoms with Gasteiger partial charge in [0.15, 0.2) is 0 Å². The molecule has 1 aliphatic heterocycles. The lowest BCUT2D eigenvalue weighted by Gasteiger charge is -2.24. The molecule has 2 heterocycles. The van der Waals surface area contributed by atoms with Crippen LogP contribution in [-0.4, -0.2) is 28.9 Å². The molecule has 1 amide bonds. The highest BCUT2D eigenvalue weighted by Gasteiger charge is 2.20. The second kappa shape index (κ2) is 8.72. The molecule has 27 heavy (non-hydrogen) atoms. The predicted octanol–water partition coefficient (Wildman–Crippen LogP) is 4.24. The lowest BCUT2D eigenvalue weighted by Crippen LogP contribution is -2.23. The van der Waals surface area contributed by atoms with E-state index in [0.29, 0.717) is 30.2 Å². The van der Waals surface area contributed by atoms with Gasteiger partial charge in [0.05, 0.1) is 18.8 Å². The van der Waals surface area contributed by atoms with Gasteiger partial charge in [0.25, 0.3) is 5.91 Å². The van der Waals surface area contributed by atoms with Gasteiger partial charge in [0.2, 0.25) is 0 Å². The second-order valence-electron chi connectivity index (χ2n) is 5.93. The number of benzene rings is 1. The summed E-state index contributed by atoms with van der Waals surface area (Å²) in [5, 5.41) is 14.2. The third-order valence-electron chi connectivity index (χ3n) is 4.17. The maximum absolute atomic E-state index is 12.7. The molecule has 1 aliphatic rings. The molecule has 0 atom stereocenters. The number of aromatic nitrogens is 2. The molecule has 0 unspecified atom stereocenters. The fourth-order valence-corrected chi connectivity index (χ4v) is 2.94. The Hall–Kier alpha value is -3.52. The van der Waals surface area contributed by atoms with Gasteiger partial charge in [-0.05, 0) is 47.7 Å². The summed E-state index contributed by atoms with van der Waals surface area (Å²) >= 11 is 0. The van der Waals surface area contributed by atoms with E-state index in [4.69, 9.17) is 15.8 Å². The van der Waals surface area contributed by atoms with E-state index in [1.165, 1.54) is 6.07 Å². The number of carbonyl (C=O) groups is 1. The highest BCUT2D eigenvalue weighted by atomic mass is 16.5. The molecule has 1 fully saturated rings. The molecule has 1 aromatic carbocycles. The van der Waals surface area contributed by atoms with E-state index in [1.807, 2.05) is 0 Å². The minimum Gasteiger partial charge on any atom is -0.381 e. The van der Waals surface area contributed by atoms with E-state index < -0.39 is 0 Å². The van der Waals surface area contributed by atoms with Crippen LogP contribution in [0, 0.1) is 0 Å². The Labute approximate surface area is 154 Å². The summed E-state index contributed by atoms with van der Waals surface area (Å²) in [5.74, 6) is 0.207. The van der Waals surface area contributed by atoms with Crippen LogP contribution in [0.1, 0.15) is 34.8 Å². The molecule has 0 aliphatic carbocycles. The SMILES string of the molecule is [N-]=[N+]=NCc1cc(N=[N+]=[N-])cc(C(=O)Nc2ccnn2C2CCOCC2)c1. The Bertz CT molecular complexity index is 920. The molecular formula is C16H17N9O2. The Morgan fingerprint density at radius 2 is 2.11 bits per heavy atom. The van der Waals surface area contributed by atoms with Gasteiger partial charge in [-0.2, -0.15) is 5.10 Å². The lowest BCUT2D eigenvalue weighted by atomic mass is 10.1. The first kappa shape index (κ1) is 18.3. The smallest absolute Gasteiger partial charge is 0.256 e. The van der Waals surface area contributed by atoms with Crippen molar-refractivity contribution in [1.82, 2.24) is 9.78 Å². The summed E-state index contributed by atoms with van der Waals surface area (Å²) < 4.78 is 7.16. The third-order valence-corrected chi connectivity index (χ3v) is 4.17. The molecule has 11 heteroatoms. The summed E-state index contributed by atoms with van der Waals surface area (Å²) in [6, 6.07) is 6.53. The first-order chi connectivity index (χ1) is 13.2. The Morgan fingerprint density at radius 3 is 2.85 bits per heavy atom. The molecule has 0 saturated carbocycles. The molecule has 0 spiro atoms. The minimum atomic E-state index is -0.374. The fraction of sp³-hybridized carbons (Fsp3) is 0.375. The normalized spacial score (nSPS) is 14.1. The van der Waals surface area contributed by atoms with E-state index in [1.54, 1.807) is 29.1 Å². The average molecular weight is 367 g/mol. The Balaban J connectivity index is 1.83. The summed E-state index contributed by atoms with van der Waals surface area (Å²) in [7, 11) is 0. The molecule has 0 bridgehead atoms. The van der Waals surface area contributed by atoms with E-state index in [-0.39, 0.29) is 24.2 Å². The van der Waals surface area contributed by atoms with Crippen LogP contribution in [0.3, 0.4) is 0 Å². The number of ether oxygens (including phenoxy) is 1. The van der Waals surface area contributed by atoms with E-state index in [9.17, 15) is 4.79 Å². The van der Waals surface area contributed by atoms with Crippen LogP contribution in [0.25, 0.3) is 20.9 Å². The van der Waals surface area contributed by atoms with Gasteiger partial charge in [-0.15, -0.1) is 0 Å². The maximum Gasteiger partial charge on any atom is 0.256 e. The molecule has 3 rings (SSSR count). The van der Waals surface area contributed by atoms with Crippen molar-refractivity contribution < 1.29 is 9.53 Å². The second-order valence-corrected chi connectivity index (χ2v) is 5.93. The van der Waals surface area contributed by atoms with Crippen molar-refractivity contribution in [2.24, 2.45) is 10.2 Å². The molecule has 0 radical (unpaired) electrons. The van der Waals surface area contributed by atoms with Crippen molar-refractivity contribution >= 4 is 17.4 Å². The van der Waals surface area contributed by atoms with Crippen LogP contribution < -0.4 is 5.32 Å². The first-order valence-corrected chi connectivity index (χ1v) is 8.34. The van der Waals surface area contributed by atoms with Crippen molar-refractivity contribution in [3.63, 3.8) is 0 Å². The molecular weight excluding hydrogens is 350 g/mol. The van der Waals surface area contributed by atoms with Crippen molar-refractivity contribution in [2.75, 3.05) is 18.5 Å². The van der Waals surface area contributed by atoms with Gasteiger partial charge in [-0.1, -0.05) is 10.2 Å². The number of carbonyl (C=O) groups excluding carboxylic acids is 1. The zero-order chi connectivity index (χ0) is 19.1. The number of anilines is 1. The van der Waals surface area contributed by atoms with Gasteiger partial charge < -0.3 is 10.1 Å². The largest absolute Gasteiger partial charge is 0.381 e. The fourth-order valence-electron chi connectivity index (χ4n) is 2.94. The number of azide groups is 2. The minimum absolute atomic E-state index is 0.0472. The van der Waals surface area contributed by atoms with Crippen LogP contribution in [0.4, 0.5) is 11.5 Å². The quantitative estimate of drug-likeness (QED) is 0.461. The van der Waals surface area contributed by atoms with Gasteiger partial charge in [-0.25, -0.2) is 4.68 Å². The van der Waals surface area contributed by atoms with Crippen molar-refractivity contribution in [2.45, 2.75) is 25.4 Å². The molecule has 2 aromatic rings. The number of amides is 1. The Morgan fingerprint density at radius 1 is 1.30 bits per heavy atom. The summed E-state index contributed by atoms with van der Waals surface area (Å²) in [5.41, 5.74) is 18.3. The first-order valence-electron chi connectivity index (χ1n) is 8.34. The average Bonchev–Trinajstić information content (AvgIpc) is 3.15. The predicted molar refractivity (Wildman–Crippen MR) is 97.4 cm³/mol. The van der Waals surface area contributed by atoms with Gasteiger partial charge in [0.1, 0.15) is 5.82 Å². The van der Waals surface area contributed by atoms with Crippen LogP contribution >= 0.6 is 0 Å². The summed E-state index contributed by atoms with van der Waals surface area (Å²) in [6.45, 7) is 1.37. The van der Waals surface area contributed by atoms with Crippen molar-refractivity contribution in [3.8, 4) is 0 Å². The standard InChI is InChI=1S/C16H17N9O2/c17-23-19-10-11-7-12(9-13(8-11)22-24-18)16(26)21-15-1-4-20-25(15)14-2-5-27-6-3-14/h1,4,7-9,14H,2-3,5-6,10H2,(H,21,26). The zero-order valence-corrected chi connectivity index (χ0v) is 14.4. The number of nitrogens with one attached hydrogen (secondary N) is 1. The number of hydrogen-bond donors (Lipinski definition) is 1. The summed E-state index contributed by atoms with van der Waals surface area (Å²) in [4.78, 5) is 18.2. The Kier molecular flexibility index (Phi) is 5.91. The van der Waals surface area contributed by atoms with Gasteiger partial charge in [-0.3, -0.25) is 4.79 Å². The molecule has 1 N–H and O–H groups in total. The van der Waals surface area contributed by atoms with Crippen LogP contribution in [0.15, 0.2) is 40.7 Å². The summed E-state index contributed by atoms with van der Waals surface area (Å²) in [6.07, 6.45) is 3.29. The molecule has 1 aromatic heterocycles. The van der Waals surface area contributed by atoms with Crippen LogP contribution in [0.2, 0.25) is 0 Å². The van der Waals surface area contributed by atoms with Gasteiger partial charge in [0, 0.05) is 40.4 Å². The third kappa shape index (κ3) is 4.56. The highest BCUT2D eigenvalue weighted by molar-refractivity contribution is 6.04. The lowest BCUT2D eigenvalue weighted by molar-refractivity contribution is 0.0668. The van der Waals surface area contributed by atoms with E-state index >= 15 is 0 Å². The topological polar surface area (TPSA) is 154 Å². The van der Waals surface area contributed by atoms with Gasteiger partial charge >= 0.3 is 0 Å². The molecule has 138 valence electrons. The van der Waals surface area contributed by atoms with Crippen LogP contribution in [-0.2, 0) is 11.3 Å². The van der Waals surface area contributed by atoms with E-state index in [2.05, 4.69) is 30.5 Å². The van der Waals surface area contributed by atoms with Crippen molar-refractivity contribution in [3.05, 3.63) is 62.5 Å². The highest BCUT2D eigenvalue weighted by Crippen LogP contribution is 2.25. The van der Waals surface area contributed by atoms with Crippen molar-refractivity contribution in [1.29, 1.82) is 0 Å². The maximum atomic E-state index is 12.7. The number of hydrogen-bond acceptors (Lipinski definition) is 5. The molecule has 11 nitrogen and oxygen atoms in total. The molecule has 1 saturated heterocycles. The monoisotopic (exact) mass is 367 g/mol. The van der Waals surface area contributed by atoms with E-state index in [0.717, 1.165) is 12.8 Å². The number of nitrogens with zero attached hydrogens (tertiary/aromatic N) is 8. The van der Waals surface area contributed by atoms with Crippen LogP contribution in [0.5, 0.6) is 0 Å². The zero-order valence-electron chi connectivity index (χ0n) is 14.4. The number of rotatable bonds is 6.